The Hall–Kier alpha value is -1.21. The molecule has 8 heteroatoms. The first-order valence-corrected chi connectivity index (χ1v) is 4.94. The predicted molar refractivity (Wildman–Crippen MR) is 52.5 cm³/mol. The summed E-state index contributed by atoms with van der Waals surface area (Å²) in [5, 5.41) is 12.7. The standard InChI is InChI=1S/C6H7ClN4O2S/c1-3-10-11-6(14-3)9-5(13)8-4(12)2-7/h2H2,1H3,(H2,8,9,11,12,13). The molecule has 76 valence electrons. The number of anilines is 1. The molecule has 0 fully saturated rings. The van der Waals surface area contributed by atoms with Gasteiger partial charge in [-0.1, -0.05) is 11.3 Å². The number of nitrogens with one attached hydrogen (secondary N) is 2. The molecule has 14 heavy (non-hydrogen) atoms. The Labute approximate surface area is 88.7 Å². The summed E-state index contributed by atoms with van der Waals surface area (Å²) in [5.41, 5.74) is 0. The van der Waals surface area contributed by atoms with Gasteiger partial charge in [-0.3, -0.25) is 15.4 Å². The molecule has 3 amide bonds. The lowest BCUT2D eigenvalue weighted by molar-refractivity contribution is -0.117. The second-order valence-electron chi connectivity index (χ2n) is 2.26. The van der Waals surface area contributed by atoms with Crippen molar-refractivity contribution in [1.29, 1.82) is 0 Å². The average Bonchev–Trinajstić information content (AvgIpc) is 2.50. The Balaban J connectivity index is 2.45. The Morgan fingerprint density at radius 1 is 1.50 bits per heavy atom. The monoisotopic (exact) mass is 234 g/mol. The third kappa shape index (κ3) is 3.27. The summed E-state index contributed by atoms with van der Waals surface area (Å²) in [6.07, 6.45) is 0. The minimum absolute atomic E-state index is 0.261. The van der Waals surface area contributed by atoms with Crippen LogP contribution in [-0.2, 0) is 4.79 Å². The van der Waals surface area contributed by atoms with Crippen LogP contribution in [0.5, 0.6) is 0 Å². The summed E-state index contributed by atoms with van der Waals surface area (Å²) in [6, 6.07) is -0.660. The summed E-state index contributed by atoms with van der Waals surface area (Å²) in [5.74, 6) is -0.826. The quantitative estimate of drug-likeness (QED) is 0.739. The topological polar surface area (TPSA) is 84.0 Å². The lowest BCUT2D eigenvalue weighted by Crippen LogP contribution is -2.35. The highest BCUT2D eigenvalue weighted by molar-refractivity contribution is 7.15. The molecule has 0 aliphatic heterocycles. The van der Waals surface area contributed by atoms with E-state index in [9.17, 15) is 9.59 Å². The molecule has 0 spiro atoms. The molecule has 2 N–H and O–H groups in total. The number of carbonyl (C=O) groups is 2. The van der Waals surface area contributed by atoms with Crippen LogP contribution in [0.4, 0.5) is 9.93 Å². The van der Waals surface area contributed by atoms with E-state index in [0.717, 1.165) is 5.01 Å². The molecule has 0 aromatic carbocycles. The zero-order valence-corrected chi connectivity index (χ0v) is 8.78. The van der Waals surface area contributed by atoms with E-state index >= 15 is 0 Å². The first kappa shape index (κ1) is 10.9. The third-order valence-corrected chi connectivity index (χ3v) is 2.12. The van der Waals surface area contributed by atoms with Gasteiger partial charge in [0.1, 0.15) is 10.9 Å². The first-order chi connectivity index (χ1) is 6.61. The number of aromatic nitrogens is 2. The van der Waals surface area contributed by atoms with Crippen molar-refractivity contribution < 1.29 is 9.59 Å². The van der Waals surface area contributed by atoms with Gasteiger partial charge in [0, 0.05) is 0 Å². The number of hydrogen-bond donors (Lipinski definition) is 2. The number of aryl methyl sites for hydroxylation is 1. The van der Waals surface area contributed by atoms with Crippen LogP contribution in [0.3, 0.4) is 0 Å². The van der Waals surface area contributed by atoms with Crippen LogP contribution < -0.4 is 10.6 Å². The zero-order valence-electron chi connectivity index (χ0n) is 7.20. The predicted octanol–water partition coefficient (Wildman–Crippen LogP) is 0.733. The highest BCUT2D eigenvalue weighted by atomic mass is 35.5. The number of imide groups is 1. The minimum atomic E-state index is -0.660. The van der Waals surface area contributed by atoms with Gasteiger partial charge in [-0.05, 0) is 6.92 Å². The number of carbonyl (C=O) groups excluding carboxylic acids is 2. The van der Waals surface area contributed by atoms with Gasteiger partial charge in [0.2, 0.25) is 11.0 Å². The normalized spacial score (nSPS) is 9.57. The molecule has 0 saturated carbocycles. The van der Waals surface area contributed by atoms with E-state index < -0.39 is 11.9 Å². The second kappa shape index (κ2) is 4.87. The summed E-state index contributed by atoms with van der Waals surface area (Å²) in [7, 11) is 0. The van der Waals surface area contributed by atoms with E-state index in [0.29, 0.717) is 5.13 Å². The number of rotatable bonds is 2. The molecule has 0 saturated heterocycles. The Bertz CT molecular complexity index is 353. The van der Waals surface area contributed by atoms with Gasteiger partial charge in [0.25, 0.3) is 0 Å². The highest BCUT2D eigenvalue weighted by Crippen LogP contribution is 2.12. The minimum Gasteiger partial charge on any atom is -0.282 e. The van der Waals surface area contributed by atoms with Crippen molar-refractivity contribution in [1.82, 2.24) is 15.5 Å². The van der Waals surface area contributed by atoms with Crippen molar-refractivity contribution in [3.8, 4) is 0 Å². The number of alkyl halides is 1. The van der Waals surface area contributed by atoms with Gasteiger partial charge in [-0.25, -0.2) is 4.79 Å². The molecule has 0 aliphatic rings. The average molecular weight is 235 g/mol. The van der Waals surface area contributed by atoms with E-state index in [2.05, 4.69) is 15.5 Å². The molecule has 1 aromatic rings. The maximum absolute atomic E-state index is 11.0. The van der Waals surface area contributed by atoms with Gasteiger partial charge in [0.05, 0.1) is 0 Å². The van der Waals surface area contributed by atoms with Crippen molar-refractivity contribution in [3.63, 3.8) is 0 Å². The van der Waals surface area contributed by atoms with E-state index in [1.807, 2.05) is 5.32 Å². The molecule has 1 aromatic heterocycles. The van der Waals surface area contributed by atoms with Gasteiger partial charge < -0.3 is 0 Å². The maximum Gasteiger partial charge on any atom is 0.327 e. The summed E-state index contributed by atoms with van der Waals surface area (Å²) in [4.78, 5) is 21.7. The lowest BCUT2D eigenvalue weighted by atomic mass is 10.7. The largest absolute Gasteiger partial charge is 0.327 e. The molecule has 6 nitrogen and oxygen atoms in total. The molecule has 0 radical (unpaired) electrons. The molecule has 0 atom stereocenters. The van der Waals surface area contributed by atoms with Crippen molar-refractivity contribution >= 4 is 40.0 Å². The third-order valence-electron chi connectivity index (χ3n) is 1.12. The number of amides is 3. The molecular formula is C6H7ClN4O2S. The fourth-order valence-corrected chi connectivity index (χ4v) is 1.29. The van der Waals surface area contributed by atoms with Gasteiger partial charge in [0.15, 0.2) is 0 Å². The number of urea groups is 1. The fraction of sp³-hybridized carbons (Fsp3) is 0.333. The second-order valence-corrected chi connectivity index (χ2v) is 3.71. The Kier molecular flexibility index (Phi) is 3.78. The molecule has 0 bridgehead atoms. The Morgan fingerprint density at radius 2 is 2.21 bits per heavy atom. The van der Waals surface area contributed by atoms with Crippen LogP contribution in [0.15, 0.2) is 0 Å². The van der Waals surface area contributed by atoms with Gasteiger partial charge >= 0.3 is 6.03 Å². The molecular weight excluding hydrogens is 228 g/mol. The van der Waals surface area contributed by atoms with Crippen molar-refractivity contribution in [2.45, 2.75) is 6.92 Å². The van der Waals surface area contributed by atoms with Crippen LogP contribution in [0.1, 0.15) is 5.01 Å². The zero-order chi connectivity index (χ0) is 10.6. The van der Waals surface area contributed by atoms with Crippen LogP contribution in [-0.4, -0.2) is 28.0 Å². The summed E-state index contributed by atoms with van der Waals surface area (Å²) >= 11 is 6.40. The van der Waals surface area contributed by atoms with E-state index in [1.165, 1.54) is 11.3 Å². The Morgan fingerprint density at radius 3 is 2.71 bits per heavy atom. The molecule has 1 heterocycles. The van der Waals surface area contributed by atoms with Crippen LogP contribution in [0, 0.1) is 6.92 Å². The van der Waals surface area contributed by atoms with E-state index in [4.69, 9.17) is 11.6 Å². The van der Waals surface area contributed by atoms with Gasteiger partial charge in [-0.15, -0.1) is 21.8 Å². The smallest absolute Gasteiger partial charge is 0.282 e. The van der Waals surface area contributed by atoms with E-state index in [1.54, 1.807) is 6.92 Å². The maximum atomic E-state index is 11.0. The van der Waals surface area contributed by atoms with Crippen LogP contribution >= 0.6 is 22.9 Å². The highest BCUT2D eigenvalue weighted by Gasteiger charge is 2.08. The van der Waals surface area contributed by atoms with Crippen molar-refractivity contribution in [2.75, 3.05) is 11.2 Å². The molecule has 0 aliphatic carbocycles. The molecule has 1 rings (SSSR count). The summed E-state index contributed by atoms with van der Waals surface area (Å²) < 4.78 is 0. The SMILES string of the molecule is Cc1nnc(NC(=O)NC(=O)CCl)s1. The lowest BCUT2D eigenvalue weighted by Gasteiger charge is -2.00. The van der Waals surface area contributed by atoms with Crippen molar-refractivity contribution in [2.24, 2.45) is 0 Å². The van der Waals surface area contributed by atoms with Gasteiger partial charge in [-0.2, -0.15) is 0 Å². The number of halogens is 1. The van der Waals surface area contributed by atoms with E-state index in [-0.39, 0.29) is 5.88 Å². The van der Waals surface area contributed by atoms with Crippen molar-refractivity contribution in [3.05, 3.63) is 5.01 Å². The molecule has 0 unspecified atom stereocenters. The number of hydrogen-bond acceptors (Lipinski definition) is 5. The fourth-order valence-electron chi connectivity index (χ4n) is 0.635. The van der Waals surface area contributed by atoms with Crippen LogP contribution in [0.2, 0.25) is 0 Å². The summed E-state index contributed by atoms with van der Waals surface area (Å²) in [6.45, 7) is 1.75. The van der Waals surface area contributed by atoms with Crippen LogP contribution in [0.25, 0.3) is 0 Å². The first-order valence-electron chi connectivity index (χ1n) is 3.58. The number of nitrogens with zero attached hydrogens (tertiary/aromatic N) is 2.